The summed E-state index contributed by atoms with van der Waals surface area (Å²) in [5.74, 6) is 0.585. The third-order valence-corrected chi connectivity index (χ3v) is 3.91. The van der Waals surface area contributed by atoms with Gasteiger partial charge in [-0.05, 0) is 42.3 Å². The van der Waals surface area contributed by atoms with Gasteiger partial charge in [0.1, 0.15) is 17.3 Å². The van der Waals surface area contributed by atoms with E-state index in [1.807, 2.05) is 12.1 Å². The molecule has 0 amide bonds. The molecule has 2 N–H and O–H groups in total. The highest BCUT2D eigenvalue weighted by atomic mass is 19.1. The molecule has 7 nitrogen and oxygen atoms in total. The van der Waals surface area contributed by atoms with E-state index in [0.717, 1.165) is 12.1 Å². The van der Waals surface area contributed by atoms with Crippen molar-refractivity contribution in [1.29, 1.82) is 0 Å². The number of guanidine groups is 1. The first kappa shape index (κ1) is 19.4. The maximum atomic E-state index is 13.6. The van der Waals surface area contributed by atoms with E-state index in [-0.39, 0.29) is 0 Å². The first-order valence-electron chi connectivity index (χ1n) is 8.78. The van der Waals surface area contributed by atoms with Crippen LogP contribution in [0.5, 0.6) is 0 Å². The second-order valence-electron chi connectivity index (χ2n) is 5.89. The normalized spacial score (nSPS) is 11.5. The highest BCUT2D eigenvalue weighted by molar-refractivity contribution is 5.79. The van der Waals surface area contributed by atoms with Crippen LogP contribution < -0.4 is 10.6 Å². The molecule has 146 valence electrons. The molecule has 0 radical (unpaired) electrons. The average Bonchev–Trinajstić information content (AvgIpc) is 3.19. The third kappa shape index (κ3) is 5.32. The number of nitrogens with zero attached hydrogens (tertiary/aromatic N) is 4. The van der Waals surface area contributed by atoms with Gasteiger partial charge in [-0.3, -0.25) is 9.98 Å². The van der Waals surface area contributed by atoms with E-state index in [1.54, 1.807) is 19.3 Å². The van der Waals surface area contributed by atoms with Crippen LogP contribution in [0, 0.1) is 11.6 Å². The third-order valence-electron chi connectivity index (χ3n) is 3.91. The minimum atomic E-state index is -0.455. The molecule has 0 aliphatic carbocycles. The van der Waals surface area contributed by atoms with Crippen molar-refractivity contribution in [2.24, 2.45) is 4.99 Å². The van der Waals surface area contributed by atoms with Gasteiger partial charge in [-0.2, -0.15) is 4.98 Å². The molecule has 2 aromatic heterocycles. The predicted molar refractivity (Wildman–Crippen MR) is 101 cm³/mol. The first-order valence-corrected chi connectivity index (χ1v) is 8.78. The fraction of sp³-hybridized carbons (Fsp3) is 0.263. The minimum Gasteiger partial charge on any atom is -0.356 e. The van der Waals surface area contributed by atoms with Crippen LogP contribution in [-0.4, -0.2) is 41.2 Å². The maximum Gasteiger partial charge on any atom is 0.276 e. The first-order chi connectivity index (χ1) is 13.7. The summed E-state index contributed by atoms with van der Waals surface area (Å²) in [5.41, 5.74) is 0.938. The molecular weight excluding hydrogens is 366 g/mol. The van der Waals surface area contributed by atoms with Crippen molar-refractivity contribution in [2.45, 2.75) is 12.8 Å². The van der Waals surface area contributed by atoms with Crippen LogP contribution in [-0.2, 0) is 12.8 Å². The van der Waals surface area contributed by atoms with E-state index in [1.165, 1.54) is 6.07 Å². The van der Waals surface area contributed by atoms with Gasteiger partial charge in [0, 0.05) is 32.8 Å². The molecule has 0 aliphatic heterocycles. The number of nitrogens with one attached hydrogen (secondary N) is 2. The van der Waals surface area contributed by atoms with E-state index in [0.29, 0.717) is 54.9 Å². The zero-order valence-electron chi connectivity index (χ0n) is 15.3. The Morgan fingerprint density at radius 1 is 1.11 bits per heavy atom. The Morgan fingerprint density at radius 2 is 1.93 bits per heavy atom. The van der Waals surface area contributed by atoms with E-state index < -0.39 is 11.6 Å². The number of benzene rings is 1. The van der Waals surface area contributed by atoms with Crippen LogP contribution >= 0.6 is 0 Å². The molecule has 0 atom stereocenters. The highest BCUT2D eigenvalue weighted by Gasteiger charge is 2.09. The van der Waals surface area contributed by atoms with E-state index in [9.17, 15) is 8.78 Å². The Morgan fingerprint density at radius 3 is 2.68 bits per heavy atom. The molecule has 0 unspecified atom stereocenters. The standard InChI is InChI=1S/C19H20F2N6O/c1-22-19(24-10-7-13-12-14(20)5-6-15(13)21)25-11-8-17-26-18(28-27-17)16-4-2-3-9-23-16/h2-6,9,12H,7-8,10-11H2,1H3,(H2,22,24,25). The lowest BCUT2D eigenvalue weighted by Crippen LogP contribution is -2.39. The number of rotatable bonds is 7. The van der Waals surface area contributed by atoms with Crippen LogP contribution in [0.25, 0.3) is 11.6 Å². The Balaban J connectivity index is 1.43. The topological polar surface area (TPSA) is 88.2 Å². The lowest BCUT2D eigenvalue weighted by atomic mass is 10.1. The average molecular weight is 386 g/mol. The zero-order chi connectivity index (χ0) is 19.8. The SMILES string of the molecule is CN=C(NCCc1noc(-c2ccccn2)n1)NCCc1cc(F)ccc1F. The summed E-state index contributed by atoms with van der Waals surface area (Å²) in [7, 11) is 1.63. The molecule has 28 heavy (non-hydrogen) atoms. The van der Waals surface area contributed by atoms with E-state index >= 15 is 0 Å². The van der Waals surface area contributed by atoms with Gasteiger partial charge in [0.25, 0.3) is 5.89 Å². The van der Waals surface area contributed by atoms with Crippen molar-refractivity contribution >= 4 is 5.96 Å². The van der Waals surface area contributed by atoms with Crippen LogP contribution in [0.1, 0.15) is 11.4 Å². The molecule has 1 aromatic carbocycles. The number of halogens is 2. The smallest absolute Gasteiger partial charge is 0.276 e. The van der Waals surface area contributed by atoms with Crippen molar-refractivity contribution in [3.05, 3.63) is 65.6 Å². The number of hydrogen-bond acceptors (Lipinski definition) is 5. The van der Waals surface area contributed by atoms with E-state index in [2.05, 4.69) is 30.8 Å². The predicted octanol–water partition coefficient (Wildman–Crippen LogP) is 2.36. The molecule has 3 aromatic rings. The van der Waals surface area contributed by atoms with Crippen LogP contribution in [0.4, 0.5) is 8.78 Å². The number of aromatic nitrogens is 3. The van der Waals surface area contributed by atoms with Crippen molar-refractivity contribution in [3.8, 4) is 11.6 Å². The van der Waals surface area contributed by atoms with E-state index in [4.69, 9.17) is 4.52 Å². The van der Waals surface area contributed by atoms with Crippen molar-refractivity contribution in [3.63, 3.8) is 0 Å². The fourth-order valence-electron chi connectivity index (χ4n) is 2.51. The van der Waals surface area contributed by atoms with Gasteiger partial charge in [0.05, 0.1) is 0 Å². The maximum absolute atomic E-state index is 13.6. The second-order valence-corrected chi connectivity index (χ2v) is 5.89. The molecule has 0 bridgehead atoms. The molecule has 0 saturated heterocycles. The number of hydrogen-bond donors (Lipinski definition) is 2. The van der Waals surface area contributed by atoms with Crippen molar-refractivity contribution < 1.29 is 13.3 Å². The largest absolute Gasteiger partial charge is 0.356 e. The summed E-state index contributed by atoms with van der Waals surface area (Å²) in [4.78, 5) is 12.6. The van der Waals surface area contributed by atoms with Gasteiger partial charge >= 0.3 is 0 Å². The molecule has 3 rings (SSSR count). The molecular formula is C19H20F2N6O. The van der Waals surface area contributed by atoms with Gasteiger partial charge in [-0.15, -0.1) is 0 Å². The van der Waals surface area contributed by atoms with Gasteiger partial charge < -0.3 is 15.2 Å². The zero-order valence-corrected chi connectivity index (χ0v) is 15.3. The lowest BCUT2D eigenvalue weighted by molar-refractivity contribution is 0.421. The lowest BCUT2D eigenvalue weighted by Gasteiger charge is -2.11. The van der Waals surface area contributed by atoms with Crippen LogP contribution in [0.3, 0.4) is 0 Å². The van der Waals surface area contributed by atoms with Gasteiger partial charge in [-0.1, -0.05) is 11.2 Å². The second kappa shape index (κ2) is 9.54. The van der Waals surface area contributed by atoms with Crippen LogP contribution in [0.15, 0.2) is 52.1 Å². The summed E-state index contributed by atoms with van der Waals surface area (Å²) < 4.78 is 32.0. The Bertz CT molecular complexity index is 929. The van der Waals surface area contributed by atoms with Gasteiger partial charge in [0.2, 0.25) is 0 Å². The van der Waals surface area contributed by atoms with Gasteiger partial charge in [-0.25, -0.2) is 8.78 Å². The molecule has 0 saturated carbocycles. The summed E-state index contributed by atoms with van der Waals surface area (Å²) in [6, 6.07) is 8.88. The Kier molecular flexibility index (Phi) is 6.61. The quantitative estimate of drug-likeness (QED) is 0.479. The monoisotopic (exact) mass is 386 g/mol. The molecule has 2 heterocycles. The molecule has 9 heteroatoms. The van der Waals surface area contributed by atoms with Gasteiger partial charge in [0.15, 0.2) is 11.8 Å². The molecule has 0 aliphatic rings. The van der Waals surface area contributed by atoms with Crippen LogP contribution in [0.2, 0.25) is 0 Å². The van der Waals surface area contributed by atoms with Crippen molar-refractivity contribution in [1.82, 2.24) is 25.8 Å². The summed E-state index contributed by atoms with van der Waals surface area (Å²) in [6.07, 6.45) is 2.52. The molecule has 0 spiro atoms. The number of pyridine rings is 1. The Labute approximate surface area is 160 Å². The minimum absolute atomic E-state index is 0.316. The molecule has 0 fully saturated rings. The summed E-state index contributed by atoms with van der Waals surface area (Å²) >= 11 is 0. The Hall–Kier alpha value is -3.36. The number of aliphatic imine (C=N–C) groups is 1. The van der Waals surface area contributed by atoms with Crippen molar-refractivity contribution in [2.75, 3.05) is 20.1 Å². The summed E-state index contributed by atoms with van der Waals surface area (Å²) in [5, 5.41) is 10.1. The fourth-order valence-corrected chi connectivity index (χ4v) is 2.51. The highest BCUT2D eigenvalue weighted by Crippen LogP contribution is 2.13. The summed E-state index contributed by atoms with van der Waals surface area (Å²) in [6.45, 7) is 0.932.